The Balaban J connectivity index is 1.46. The number of furan rings is 1. The second-order valence-electron chi connectivity index (χ2n) is 6.40. The molecule has 0 atom stereocenters. The molecular weight excluding hydrogens is 410 g/mol. The molecule has 0 fully saturated rings. The number of benzene rings is 1. The summed E-state index contributed by atoms with van der Waals surface area (Å²) in [6.07, 6.45) is 1.59. The number of rotatable bonds is 6. The van der Waals surface area contributed by atoms with Gasteiger partial charge in [-0.2, -0.15) is 0 Å². The maximum absolute atomic E-state index is 12.7. The Labute approximate surface area is 176 Å². The van der Waals surface area contributed by atoms with E-state index in [1.54, 1.807) is 36.6 Å². The smallest absolute Gasteiger partial charge is 0.261 e. The van der Waals surface area contributed by atoms with E-state index in [0.717, 1.165) is 21.5 Å². The molecule has 0 bridgehead atoms. The average molecular weight is 428 g/mol. The molecule has 0 spiro atoms. The van der Waals surface area contributed by atoms with Gasteiger partial charge in [-0.1, -0.05) is 11.6 Å². The van der Waals surface area contributed by atoms with Crippen LogP contribution in [-0.2, 0) is 0 Å². The van der Waals surface area contributed by atoms with Gasteiger partial charge in [0.1, 0.15) is 17.2 Å². The molecule has 0 unspecified atom stereocenters. The quantitative estimate of drug-likeness (QED) is 0.436. The molecule has 148 valence electrons. The lowest BCUT2D eigenvalue weighted by molar-refractivity contribution is 0.0950. The van der Waals surface area contributed by atoms with E-state index in [0.29, 0.717) is 40.4 Å². The average Bonchev–Trinajstić information content (AvgIpc) is 3.35. The summed E-state index contributed by atoms with van der Waals surface area (Å²) in [6, 6.07) is 10.7. The van der Waals surface area contributed by atoms with Gasteiger partial charge in [-0.3, -0.25) is 4.79 Å². The van der Waals surface area contributed by atoms with Gasteiger partial charge in [-0.05, 0) is 55.8 Å². The third-order valence-electron chi connectivity index (χ3n) is 4.39. The molecule has 4 rings (SSSR count). The van der Waals surface area contributed by atoms with E-state index in [1.807, 2.05) is 19.9 Å². The number of hydrogen-bond acceptors (Lipinski definition) is 6. The van der Waals surface area contributed by atoms with Crippen LogP contribution in [0.3, 0.4) is 0 Å². The van der Waals surface area contributed by atoms with Crippen LogP contribution in [0.15, 0.2) is 47.1 Å². The van der Waals surface area contributed by atoms with Crippen molar-refractivity contribution in [1.82, 2.24) is 15.3 Å². The largest absolute Gasteiger partial charge is 0.492 e. The molecule has 0 radical (unpaired) electrons. The molecule has 1 amide bonds. The van der Waals surface area contributed by atoms with Gasteiger partial charge in [0, 0.05) is 10.4 Å². The van der Waals surface area contributed by atoms with E-state index in [4.69, 9.17) is 20.8 Å². The van der Waals surface area contributed by atoms with Crippen molar-refractivity contribution >= 4 is 39.1 Å². The van der Waals surface area contributed by atoms with Crippen molar-refractivity contribution in [2.45, 2.75) is 13.8 Å². The second-order valence-corrected chi connectivity index (χ2v) is 7.84. The molecule has 1 N–H and O–H groups in total. The van der Waals surface area contributed by atoms with Crippen LogP contribution in [0.4, 0.5) is 0 Å². The number of carbonyl (C=O) groups excluding carboxylic acids is 1. The van der Waals surface area contributed by atoms with Crippen LogP contribution in [0.5, 0.6) is 5.75 Å². The molecule has 0 saturated heterocycles. The van der Waals surface area contributed by atoms with E-state index in [1.165, 1.54) is 11.3 Å². The van der Waals surface area contributed by atoms with Crippen molar-refractivity contribution in [2.24, 2.45) is 0 Å². The lowest BCUT2D eigenvalue weighted by Crippen LogP contribution is -2.27. The first-order chi connectivity index (χ1) is 14.0. The van der Waals surface area contributed by atoms with Gasteiger partial charge >= 0.3 is 0 Å². The van der Waals surface area contributed by atoms with Crippen molar-refractivity contribution in [3.63, 3.8) is 0 Å². The van der Waals surface area contributed by atoms with Gasteiger partial charge in [-0.25, -0.2) is 9.97 Å². The summed E-state index contributed by atoms with van der Waals surface area (Å²) in [4.78, 5) is 23.2. The third kappa shape index (κ3) is 4.11. The first-order valence-corrected chi connectivity index (χ1v) is 10.2. The number of fused-ring (bicyclic) bond motifs is 1. The van der Waals surface area contributed by atoms with Crippen LogP contribution in [0, 0.1) is 13.8 Å². The molecular formula is C21H18ClN3O3S. The highest BCUT2D eigenvalue weighted by atomic mass is 35.5. The van der Waals surface area contributed by atoms with E-state index in [2.05, 4.69) is 15.3 Å². The molecule has 29 heavy (non-hydrogen) atoms. The summed E-state index contributed by atoms with van der Waals surface area (Å²) >= 11 is 7.21. The molecule has 0 saturated carbocycles. The minimum absolute atomic E-state index is 0.149. The minimum Gasteiger partial charge on any atom is -0.492 e. The Morgan fingerprint density at radius 2 is 2.00 bits per heavy atom. The SMILES string of the molecule is Cc1nc(-c2ccco2)nc2sc(C(=O)NCCOc3ccc(Cl)cc3)c(C)c12. The van der Waals surface area contributed by atoms with Gasteiger partial charge in [0.15, 0.2) is 11.6 Å². The maximum Gasteiger partial charge on any atom is 0.261 e. The number of ether oxygens (including phenoxy) is 1. The number of aromatic nitrogens is 2. The van der Waals surface area contributed by atoms with E-state index < -0.39 is 0 Å². The van der Waals surface area contributed by atoms with Gasteiger partial charge in [0.2, 0.25) is 0 Å². The standard InChI is InChI=1S/C21H18ClN3O3S/c1-12-17-13(2)24-19(16-4-3-10-28-16)25-21(17)29-18(12)20(26)23-9-11-27-15-7-5-14(22)6-8-15/h3-8,10H,9,11H2,1-2H3,(H,23,26). The normalized spacial score (nSPS) is 11.0. The van der Waals surface area contributed by atoms with Crippen molar-refractivity contribution < 1.29 is 13.9 Å². The van der Waals surface area contributed by atoms with Crippen LogP contribution in [0.25, 0.3) is 21.8 Å². The first kappa shape index (κ1) is 19.4. The molecule has 3 aromatic heterocycles. The molecule has 6 nitrogen and oxygen atoms in total. The number of hydrogen-bond donors (Lipinski definition) is 1. The van der Waals surface area contributed by atoms with Crippen LogP contribution in [0.2, 0.25) is 5.02 Å². The Hall–Kier alpha value is -2.90. The molecule has 8 heteroatoms. The highest BCUT2D eigenvalue weighted by Crippen LogP contribution is 2.32. The summed E-state index contributed by atoms with van der Waals surface area (Å²) in [7, 11) is 0. The highest BCUT2D eigenvalue weighted by molar-refractivity contribution is 7.20. The number of aryl methyl sites for hydroxylation is 2. The number of carbonyl (C=O) groups is 1. The third-order valence-corrected chi connectivity index (χ3v) is 5.83. The predicted octanol–water partition coefficient (Wildman–Crippen LogP) is 5.03. The van der Waals surface area contributed by atoms with Gasteiger partial charge in [0.25, 0.3) is 5.91 Å². The molecule has 4 aromatic rings. The number of nitrogens with one attached hydrogen (secondary N) is 1. The molecule has 0 aliphatic rings. The van der Waals surface area contributed by atoms with Crippen molar-refractivity contribution in [3.8, 4) is 17.3 Å². The summed E-state index contributed by atoms with van der Waals surface area (Å²) in [5, 5.41) is 4.46. The Kier molecular flexibility index (Phi) is 5.51. The summed E-state index contributed by atoms with van der Waals surface area (Å²) in [5.41, 5.74) is 1.70. The number of halogens is 1. The fourth-order valence-electron chi connectivity index (χ4n) is 3.02. The number of thiophene rings is 1. The van der Waals surface area contributed by atoms with E-state index in [-0.39, 0.29) is 5.91 Å². The molecule has 1 aromatic carbocycles. The first-order valence-electron chi connectivity index (χ1n) is 9.01. The van der Waals surface area contributed by atoms with Crippen LogP contribution in [-0.4, -0.2) is 29.0 Å². The van der Waals surface area contributed by atoms with E-state index >= 15 is 0 Å². The zero-order chi connectivity index (χ0) is 20.4. The minimum atomic E-state index is -0.149. The summed E-state index contributed by atoms with van der Waals surface area (Å²) < 4.78 is 11.0. The van der Waals surface area contributed by atoms with Crippen LogP contribution >= 0.6 is 22.9 Å². The second kappa shape index (κ2) is 8.23. The van der Waals surface area contributed by atoms with Gasteiger partial charge < -0.3 is 14.5 Å². The topological polar surface area (TPSA) is 77.2 Å². The number of nitrogens with zero attached hydrogens (tertiary/aromatic N) is 2. The molecule has 0 aliphatic heterocycles. The monoisotopic (exact) mass is 427 g/mol. The maximum atomic E-state index is 12.7. The molecule has 3 heterocycles. The fraction of sp³-hybridized carbons (Fsp3) is 0.190. The lowest BCUT2D eigenvalue weighted by atomic mass is 10.1. The Morgan fingerprint density at radius 1 is 1.21 bits per heavy atom. The lowest BCUT2D eigenvalue weighted by Gasteiger charge is -2.07. The Bertz CT molecular complexity index is 1150. The number of amides is 1. The van der Waals surface area contributed by atoms with Crippen molar-refractivity contribution in [2.75, 3.05) is 13.2 Å². The van der Waals surface area contributed by atoms with Gasteiger partial charge in [-0.15, -0.1) is 11.3 Å². The Morgan fingerprint density at radius 3 is 2.72 bits per heavy atom. The highest BCUT2D eigenvalue weighted by Gasteiger charge is 2.19. The zero-order valence-corrected chi connectivity index (χ0v) is 17.4. The van der Waals surface area contributed by atoms with Crippen LogP contribution < -0.4 is 10.1 Å². The fourth-order valence-corrected chi connectivity index (χ4v) is 4.29. The van der Waals surface area contributed by atoms with Gasteiger partial charge in [0.05, 0.1) is 23.4 Å². The zero-order valence-electron chi connectivity index (χ0n) is 15.9. The van der Waals surface area contributed by atoms with E-state index in [9.17, 15) is 4.79 Å². The molecule has 0 aliphatic carbocycles. The summed E-state index contributed by atoms with van der Waals surface area (Å²) in [5.74, 6) is 1.68. The van der Waals surface area contributed by atoms with Crippen molar-refractivity contribution in [3.05, 3.63) is 63.8 Å². The predicted molar refractivity (Wildman–Crippen MR) is 114 cm³/mol. The summed E-state index contributed by atoms with van der Waals surface area (Å²) in [6.45, 7) is 4.58. The van der Waals surface area contributed by atoms with Crippen LogP contribution in [0.1, 0.15) is 20.9 Å². The van der Waals surface area contributed by atoms with Crippen molar-refractivity contribution in [1.29, 1.82) is 0 Å².